The van der Waals surface area contributed by atoms with E-state index in [4.69, 9.17) is 4.74 Å². The molecule has 1 heterocycles. The molecule has 1 N–H and O–H groups in total. The number of esters is 1. The molecule has 0 radical (unpaired) electrons. The molecule has 0 aromatic heterocycles. The van der Waals surface area contributed by atoms with Gasteiger partial charge in [0.2, 0.25) is 0 Å². The number of rotatable bonds is 4. The molecule has 3 nitrogen and oxygen atoms in total. The van der Waals surface area contributed by atoms with E-state index in [1.807, 2.05) is 37.3 Å². The van der Waals surface area contributed by atoms with E-state index in [1.54, 1.807) is 0 Å². The molecule has 1 fully saturated rings. The summed E-state index contributed by atoms with van der Waals surface area (Å²) in [6.45, 7) is 5.75. The van der Waals surface area contributed by atoms with Crippen molar-refractivity contribution in [1.82, 2.24) is 5.32 Å². The second-order valence-electron chi connectivity index (χ2n) is 5.37. The van der Waals surface area contributed by atoms with Gasteiger partial charge in [0, 0.05) is 6.54 Å². The van der Waals surface area contributed by atoms with Crippen molar-refractivity contribution < 1.29 is 9.53 Å². The van der Waals surface area contributed by atoms with Crippen molar-refractivity contribution in [1.29, 1.82) is 0 Å². The number of hydrogen-bond acceptors (Lipinski definition) is 3. The molecule has 0 amide bonds. The van der Waals surface area contributed by atoms with Crippen LogP contribution in [-0.2, 0) is 9.53 Å². The van der Waals surface area contributed by atoms with Crippen LogP contribution in [0.4, 0.5) is 0 Å². The lowest BCUT2D eigenvalue weighted by Crippen LogP contribution is -2.46. The smallest absolute Gasteiger partial charge is 0.313 e. The molecule has 1 aliphatic heterocycles. The zero-order chi connectivity index (χ0) is 13.7. The van der Waals surface area contributed by atoms with Crippen molar-refractivity contribution in [3.05, 3.63) is 35.9 Å². The molecule has 2 rings (SSSR count). The molecule has 1 aromatic rings. The van der Waals surface area contributed by atoms with Gasteiger partial charge >= 0.3 is 5.97 Å². The maximum absolute atomic E-state index is 12.5. The quantitative estimate of drug-likeness (QED) is 0.846. The van der Waals surface area contributed by atoms with Crippen LogP contribution in [0.5, 0.6) is 0 Å². The van der Waals surface area contributed by atoms with Gasteiger partial charge in [-0.1, -0.05) is 37.3 Å². The molecule has 1 saturated heterocycles. The van der Waals surface area contributed by atoms with Crippen LogP contribution in [0.2, 0.25) is 0 Å². The first kappa shape index (κ1) is 14.1. The Morgan fingerprint density at radius 2 is 2.16 bits per heavy atom. The molecule has 2 unspecified atom stereocenters. The number of carbonyl (C=O) groups excluding carboxylic acids is 1. The summed E-state index contributed by atoms with van der Waals surface area (Å²) >= 11 is 0. The SMILES string of the molecule is CCC1(C(=O)OC(C)c2ccccc2)CCCNC1. The average Bonchev–Trinajstić information content (AvgIpc) is 2.48. The Bertz CT molecular complexity index is 410. The molecule has 0 aliphatic carbocycles. The van der Waals surface area contributed by atoms with Crippen LogP contribution in [-0.4, -0.2) is 19.1 Å². The molecule has 0 saturated carbocycles. The fraction of sp³-hybridized carbons (Fsp3) is 0.562. The second kappa shape index (κ2) is 6.20. The number of carbonyl (C=O) groups is 1. The largest absolute Gasteiger partial charge is 0.457 e. The lowest BCUT2D eigenvalue weighted by atomic mass is 9.78. The second-order valence-corrected chi connectivity index (χ2v) is 5.37. The summed E-state index contributed by atoms with van der Waals surface area (Å²) in [7, 11) is 0. The van der Waals surface area contributed by atoms with Gasteiger partial charge < -0.3 is 10.1 Å². The molecule has 0 spiro atoms. The molecule has 1 aromatic carbocycles. The lowest BCUT2D eigenvalue weighted by Gasteiger charge is -2.35. The van der Waals surface area contributed by atoms with Gasteiger partial charge in [0.15, 0.2) is 0 Å². The summed E-state index contributed by atoms with van der Waals surface area (Å²) in [5.41, 5.74) is 0.715. The van der Waals surface area contributed by atoms with Crippen LogP contribution in [0.3, 0.4) is 0 Å². The lowest BCUT2D eigenvalue weighted by molar-refractivity contribution is -0.162. The average molecular weight is 261 g/mol. The number of hydrogen-bond donors (Lipinski definition) is 1. The zero-order valence-corrected chi connectivity index (χ0v) is 11.8. The van der Waals surface area contributed by atoms with Gasteiger partial charge in [-0.25, -0.2) is 0 Å². The van der Waals surface area contributed by atoms with E-state index in [-0.39, 0.29) is 17.5 Å². The first-order valence-corrected chi connectivity index (χ1v) is 7.15. The summed E-state index contributed by atoms with van der Waals surface area (Å²) in [4.78, 5) is 12.5. The Hall–Kier alpha value is -1.35. The van der Waals surface area contributed by atoms with E-state index in [1.165, 1.54) is 0 Å². The summed E-state index contributed by atoms with van der Waals surface area (Å²) in [5, 5.41) is 3.32. The Labute approximate surface area is 115 Å². The molecule has 3 heteroatoms. The molecule has 2 atom stereocenters. The number of benzene rings is 1. The molecular weight excluding hydrogens is 238 g/mol. The van der Waals surface area contributed by atoms with Crippen LogP contribution in [0.15, 0.2) is 30.3 Å². The van der Waals surface area contributed by atoms with Crippen molar-refractivity contribution in [3.63, 3.8) is 0 Å². The van der Waals surface area contributed by atoms with Crippen LogP contribution in [0.1, 0.15) is 44.8 Å². The minimum absolute atomic E-state index is 0.0569. The van der Waals surface area contributed by atoms with E-state index in [0.29, 0.717) is 0 Å². The monoisotopic (exact) mass is 261 g/mol. The van der Waals surface area contributed by atoms with Crippen molar-refractivity contribution in [2.75, 3.05) is 13.1 Å². The summed E-state index contributed by atoms with van der Waals surface area (Å²) in [5.74, 6) is -0.0569. The van der Waals surface area contributed by atoms with Gasteiger partial charge in [-0.15, -0.1) is 0 Å². The van der Waals surface area contributed by atoms with E-state index >= 15 is 0 Å². The van der Waals surface area contributed by atoms with Gasteiger partial charge in [0.1, 0.15) is 6.10 Å². The maximum atomic E-state index is 12.5. The van der Waals surface area contributed by atoms with Gasteiger partial charge in [0.05, 0.1) is 5.41 Å². The van der Waals surface area contributed by atoms with Gasteiger partial charge in [-0.2, -0.15) is 0 Å². The van der Waals surface area contributed by atoms with Crippen LogP contribution < -0.4 is 5.32 Å². The topological polar surface area (TPSA) is 38.3 Å². The van der Waals surface area contributed by atoms with E-state index < -0.39 is 0 Å². The Morgan fingerprint density at radius 1 is 1.42 bits per heavy atom. The van der Waals surface area contributed by atoms with E-state index in [9.17, 15) is 4.79 Å². The molecule has 19 heavy (non-hydrogen) atoms. The molecule has 1 aliphatic rings. The predicted molar refractivity (Wildman–Crippen MR) is 75.8 cm³/mol. The Morgan fingerprint density at radius 3 is 2.74 bits per heavy atom. The van der Waals surface area contributed by atoms with Crippen molar-refractivity contribution in [2.45, 2.75) is 39.2 Å². The summed E-state index contributed by atoms with van der Waals surface area (Å²) in [6.07, 6.45) is 2.62. The van der Waals surface area contributed by atoms with Crippen LogP contribution >= 0.6 is 0 Å². The predicted octanol–water partition coefficient (Wildman–Crippen LogP) is 3.07. The minimum atomic E-state index is -0.332. The highest BCUT2D eigenvalue weighted by Gasteiger charge is 2.40. The molecular formula is C16H23NO2. The number of ether oxygens (including phenoxy) is 1. The Kier molecular flexibility index (Phi) is 4.59. The third-order valence-corrected chi connectivity index (χ3v) is 4.13. The van der Waals surface area contributed by atoms with Crippen molar-refractivity contribution in [2.24, 2.45) is 5.41 Å². The van der Waals surface area contributed by atoms with Crippen LogP contribution in [0, 0.1) is 5.41 Å². The van der Waals surface area contributed by atoms with Crippen LogP contribution in [0.25, 0.3) is 0 Å². The first-order valence-electron chi connectivity index (χ1n) is 7.15. The summed E-state index contributed by atoms with van der Waals surface area (Å²) < 4.78 is 5.69. The van der Waals surface area contributed by atoms with E-state index in [2.05, 4.69) is 12.2 Å². The minimum Gasteiger partial charge on any atom is -0.457 e. The van der Waals surface area contributed by atoms with Crippen molar-refractivity contribution in [3.8, 4) is 0 Å². The highest BCUT2D eigenvalue weighted by molar-refractivity contribution is 5.77. The fourth-order valence-electron chi connectivity index (χ4n) is 2.67. The maximum Gasteiger partial charge on any atom is 0.313 e. The first-order chi connectivity index (χ1) is 9.18. The Balaban J connectivity index is 2.03. The standard InChI is InChI=1S/C16H23NO2/c1-3-16(10-7-11-17-12-16)15(18)19-13(2)14-8-5-4-6-9-14/h4-6,8-9,13,17H,3,7,10-12H2,1-2H3. The van der Waals surface area contributed by atoms with Crippen molar-refractivity contribution >= 4 is 5.97 Å². The van der Waals surface area contributed by atoms with Gasteiger partial charge in [-0.3, -0.25) is 4.79 Å². The third kappa shape index (κ3) is 3.16. The third-order valence-electron chi connectivity index (χ3n) is 4.13. The zero-order valence-electron chi connectivity index (χ0n) is 11.8. The highest BCUT2D eigenvalue weighted by Crippen LogP contribution is 2.33. The molecule has 104 valence electrons. The number of nitrogens with one attached hydrogen (secondary N) is 1. The van der Waals surface area contributed by atoms with Gasteiger partial charge in [-0.05, 0) is 38.3 Å². The fourth-order valence-corrected chi connectivity index (χ4v) is 2.67. The molecule has 0 bridgehead atoms. The number of piperidine rings is 1. The van der Waals surface area contributed by atoms with Gasteiger partial charge in [0.25, 0.3) is 0 Å². The highest BCUT2D eigenvalue weighted by atomic mass is 16.5. The normalized spacial score (nSPS) is 24.7. The van der Waals surface area contributed by atoms with E-state index in [0.717, 1.165) is 37.9 Å². The summed E-state index contributed by atoms with van der Waals surface area (Å²) in [6, 6.07) is 9.90.